The zero-order valence-corrected chi connectivity index (χ0v) is 7.25. The van der Waals surface area contributed by atoms with Crippen LogP contribution in [0.2, 0.25) is 0 Å². The predicted octanol–water partition coefficient (Wildman–Crippen LogP) is 0.921. The smallest absolute Gasteiger partial charge is 0.0558 e. The summed E-state index contributed by atoms with van der Waals surface area (Å²) >= 11 is 0. The lowest BCUT2D eigenvalue weighted by Crippen LogP contribution is -2.39. The van der Waals surface area contributed by atoms with Gasteiger partial charge in [0.2, 0.25) is 0 Å². The van der Waals surface area contributed by atoms with Gasteiger partial charge in [0.05, 0.1) is 6.10 Å². The molecular weight excluding hydrogens is 138 g/mol. The fourth-order valence-corrected chi connectivity index (χ4v) is 1.70. The van der Waals surface area contributed by atoms with Gasteiger partial charge in [-0.25, -0.2) is 0 Å². The summed E-state index contributed by atoms with van der Waals surface area (Å²) < 4.78 is 0. The van der Waals surface area contributed by atoms with Crippen molar-refractivity contribution in [3.8, 4) is 0 Å². The molecule has 2 N–H and O–H groups in total. The molecule has 3 unspecified atom stereocenters. The molecule has 0 amide bonds. The van der Waals surface area contributed by atoms with Gasteiger partial charge in [0.1, 0.15) is 0 Å². The number of allylic oxidation sites excluding steroid dienone is 1. The van der Waals surface area contributed by atoms with Crippen LogP contribution in [0.25, 0.3) is 0 Å². The van der Waals surface area contributed by atoms with E-state index in [1.165, 1.54) is 0 Å². The van der Waals surface area contributed by atoms with Crippen LogP contribution in [0, 0.1) is 5.92 Å². The molecule has 11 heavy (non-hydrogen) atoms. The minimum Gasteiger partial charge on any atom is -0.393 e. The second kappa shape index (κ2) is 3.88. The van der Waals surface area contributed by atoms with E-state index >= 15 is 0 Å². The Hall–Kier alpha value is -0.340. The number of aliphatic hydroxyl groups excluding tert-OH is 1. The average Bonchev–Trinajstić information content (AvgIpc) is 2.04. The monoisotopic (exact) mass is 155 g/mol. The second-order valence-corrected chi connectivity index (χ2v) is 3.24. The Bertz CT molecular complexity index is 142. The molecule has 3 atom stereocenters. The Morgan fingerprint density at radius 2 is 2.09 bits per heavy atom. The van der Waals surface area contributed by atoms with Crippen LogP contribution >= 0.6 is 0 Å². The maximum atomic E-state index is 9.40. The van der Waals surface area contributed by atoms with E-state index in [1.54, 1.807) is 0 Å². The van der Waals surface area contributed by atoms with E-state index in [0.29, 0.717) is 12.0 Å². The minimum atomic E-state index is -0.197. The maximum absolute atomic E-state index is 9.40. The van der Waals surface area contributed by atoms with Crippen molar-refractivity contribution in [2.24, 2.45) is 5.92 Å². The normalized spacial score (nSPS) is 33.7. The SMILES string of the molecule is CNC1CC=CCC1C(C)O. The molecule has 0 saturated heterocycles. The molecule has 2 heteroatoms. The van der Waals surface area contributed by atoms with Crippen LogP contribution < -0.4 is 5.32 Å². The lowest BCUT2D eigenvalue weighted by molar-refractivity contribution is 0.101. The first-order valence-corrected chi connectivity index (χ1v) is 4.26. The molecule has 1 aliphatic rings. The maximum Gasteiger partial charge on any atom is 0.0558 e. The largest absolute Gasteiger partial charge is 0.393 e. The van der Waals surface area contributed by atoms with Crippen molar-refractivity contribution < 1.29 is 5.11 Å². The third-order valence-corrected chi connectivity index (χ3v) is 2.47. The quantitative estimate of drug-likeness (QED) is 0.581. The summed E-state index contributed by atoms with van der Waals surface area (Å²) in [7, 11) is 1.96. The van der Waals surface area contributed by atoms with Crippen LogP contribution in [0.1, 0.15) is 19.8 Å². The average molecular weight is 155 g/mol. The zero-order valence-electron chi connectivity index (χ0n) is 7.25. The van der Waals surface area contributed by atoms with Crippen molar-refractivity contribution in [2.45, 2.75) is 31.9 Å². The van der Waals surface area contributed by atoms with Crippen LogP contribution in [0.15, 0.2) is 12.2 Å². The van der Waals surface area contributed by atoms with Crippen LogP contribution in [-0.2, 0) is 0 Å². The summed E-state index contributed by atoms with van der Waals surface area (Å²) in [4.78, 5) is 0. The third kappa shape index (κ3) is 2.04. The number of rotatable bonds is 2. The number of aliphatic hydroxyl groups is 1. The molecule has 0 radical (unpaired) electrons. The number of nitrogens with one attached hydrogen (secondary N) is 1. The Kier molecular flexibility index (Phi) is 3.09. The number of hydrogen-bond acceptors (Lipinski definition) is 2. The van der Waals surface area contributed by atoms with Gasteiger partial charge in [0.25, 0.3) is 0 Å². The molecule has 1 rings (SSSR count). The molecule has 0 spiro atoms. The first-order chi connectivity index (χ1) is 5.25. The summed E-state index contributed by atoms with van der Waals surface area (Å²) in [5, 5.41) is 12.6. The van der Waals surface area contributed by atoms with Crippen molar-refractivity contribution in [1.82, 2.24) is 5.32 Å². The molecule has 0 aromatic rings. The highest BCUT2D eigenvalue weighted by atomic mass is 16.3. The minimum absolute atomic E-state index is 0.197. The van der Waals surface area contributed by atoms with E-state index in [-0.39, 0.29) is 6.10 Å². The van der Waals surface area contributed by atoms with Crippen molar-refractivity contribution in [3.63, 3.8) is 0 Å². The van der Waals surface area contributed by atoms with Crippen LogP contribution in [0.4, 0.5) is 0 Å². The lowest BCUT2D eigenvalue weighted by Gasteiger charge is -2.30. The van der Waals surface area contributed by atoms with E-state index in [0.717, 1.165) is 12.8 Å². The van der Waals surface area contributed by atoms with Crippen molar-refractivity contribution in [2.75, 3.05) is 7.05 Å². The van der Waals surface area contributed by atoms with E-state index in [1.807, 2.05) is 14.0 Å². The lowest BCUT2D eigenvalue weighted by atomic mass is 9.85. The fourth-order valence-electron chi connectivity index (χ4n) is 1.70. The van der Waals surface area contributed by atoms with Crippen LogP contribution in [0.5, 0.6) is 0 Å². The van der Waals surface area contributed by atoms with Gasteiger partial charge in [-0.05, 0) is 26.8 Å². The molecule has 1 aliphatic carbocycles. The summed E-state index contributed by atoms with van der Waals surface area (Å²) in [6.07, 6.45) is 6.19. The Labute approximate surface area is 68.3 Å². The van der Waals surface area contributed by atoms with Gasteiger partial charge in [-0.3, -0.25) is 0 Å². The molecule has 0 aliphatic heterocycles. The van der Waals surface area contributed by atoms with Gasteiger partial charge >= 0.3 is 0 Å². The fraction of sp³-hybridized carbons (Fsp3) is 0.778. The molecule has 0 saturated carbocycles. The van der Waals surface area contributed by atoms with Crippen LogP contribution in [-0.4, -0.2) is 24.3 Å². The molecule has 0 heterocycles. The molecule has 0 aromatic carbocycles. The van der Waals surface area contributed by atoms with E-state index in [9.17, 15) is 5.11 Å². The van der Waals surface area contributed by atoms with Crippen molar-refractivity contribution >= 4 is 0 Å². The highest BCUT2D eigenvalue weighted by Gasteiger charge is 2.24. The highest BCUT2D eigenvalue weighted by molar-refractivity contribution is 4.98. The third-order valence-electron chi connectivity index (χ3n) is 2.47. The van der Waals surface area contributed by atoms with Crippen molar-refractivity contribution in [1.29, 1.82) is 0 Å². The standard InChI is InChI=1S/C9H17NO/c1-7(11)8-5-3-4-6-9(8)10-2/h3-4,7-11H,5-6H2,1-2H3. The topological polar surface area (TPSA) is 32.3 Å². The van der Waals surface area contributed by atoms with Crippen LogP contribution in [0.3, 0.4) is 0 Å². The second-order valence-electron chi connectivity index (χ2n) is 3.24. The molecule has 0 bridgehead atoms. The highest BCUT2D eigenvalue weighted by Crippen LogP contribution is 2.21. The molecule has 0 aromatic heterocycles. The first kappa shape index (κ1) is 8.75. The molecule has 64 valence electrons. The summed E-state index contributed by atoms with van der Waals surface area (Å²) in [5.41, 5.74) is 0. The number of hydrogen-bond donors (Lipinski definition) is 2. The van der Waals surface area contributed by atoms with Gasteiger partial charge in [-0.2, -0.15) is 0 Å². The van der Waals surface area contributed by atoms with Gasteiger partial charge in [0.15, 0.2) is 0 Å². The molecule has 0 fully saturated rings. The summed E-state index contributed by atoms with van der Waals surface area (Å²) in [5.74, 6) is 0.394. The first-order valence-electron chi connectivity index (χ1n) is 4.26. The Morgan fingerprint density at radius 1 is 1.45 bits per heavy atom. The molecule has 2 nitrogen and oxygen atoms in total. The van der Waals surface area contributed by atoms with E-state index < -0.39 is 0 Å². The van der Waals surface area contributed by atoms with Crippen molar-refractivity contribution in [3.05, 3.63) is 12.2 Å². The van der Waals surface area contributed by atoms with Gasteiger partial charge < -0.3 is 10.4 Å². The summed E-state index contributed by atoms with van der Waals surface area (Å²) in [6, 6.07) is 0.458. The van der Waals surface area contributed by atoms with E-state index in [4.69, 9.17) is 0 Å². The zero-order chi connectivity index (χ0) is 8.27. The Balaban J connectivity index is 2.54. The molecular formula is C9H17NO. The summed E-state index contributed by atoms with van der Waals surface area (Å²) in [6.45, 7) is 1.87. The van der Waals surface area contributed by atoms with Gasteiger partial charge in [-0.15, -0.1) is 0 Å². The van der Waals surface area contributed by atoms with Gasteiger partial charge in [0, 0.05) is 12.0 Å². The predicted molar refractivity (Wildman–Crippen MR) is 46.4 cm³/mol. The van der Waals surface area contributed by atoms with Gasteiger partial charge in [-0.1, -0.05) is 12.2 Å². The van der Waals surface area contributed by atoms with E-state index in [2.05, 4.69) is 17.5 Å². The Morgan fingerprint density at radius 3 is 2.55 bits per heavy atom.